The van der Waals surface area contributed by atoms with E-state index in [4.69, 9.17) is 0 Å². The summed E-state index contributed by atoms with van der Waals surface area (Å²) in [7, 11) is 0. The van der Waals surface area contributed by atoms with E-state index in [1.54, 1.807) is 11.3 Å². The van der Waals surface area contributed by atoms with Gasteiger partial charge >= 0.3 is 0 Å². The fraction of sp³-hybridized carbons (Fsp3) is 0.471. The van der Waals surface area contributed by atoms with Crippen LogP contribution >= 0.6 is 11.3 Å². The maximum atomic E-state index is 12.7. The second-order valence-corrected chi connectivity index (χ2v) is 7.38. The molecule has 1 aliphatic heterocycles. The predicted molar refractivity (Wildman–Crippen MR) is 93.3 cm³/mol. The lowest BCUT2D eigenvalue weighted by molar-refractivity contribution is -0.132. The van der Waals surface area contributed by atoms with E-state index in [0.29, 0.717) is 6.42 Å². The number of thiazole rings is 1. The van der Waals surface area contributed by atoms with Crippen LogP contribution in [0.15, 0.2) is 23.8 Å². The van der Waals surface area contributed by atoms with E-state index in [-0.39, 0.29) is 11.9 Å². The number of amides is 1. The molecule has 3 aromatic rings. The van der Waals surface area contributed by atoms with E-state index in [1.807, 2.05) is 34.0 Å². The highest BCUT2D eigenvalue weighted by molar-refractivity contribution is 7.15. The Morgan fingerprint density at radius 1 is 1.42 bits per heavy atom. The number of imidazole rings is 1. The summed E-state index contributed by atoms with van der Waals surface area (Å²) in [5.41, 5.74) is 3.05. The zero-order valence-electron chi connectivity index (χ0n) is 14.0. The van der Waals surface area contributed by atoms with Crippen molar-refractivity contribution in [2.45, 2.75) is 39.2 Å². The van der Waals surface area contributed by atoms with Gasteiger partial charge in [-0.05, 0) is 32.8 Å². The summed E-state index contributed by atoms with van der Waals surface area (Å²) < 4.78 is 4.06. The van der Waals surface area contributed by atoms with Crippen molar-refractivity contribution in [3.63, 3.8) is 0 Å². The topological polar surface area (TPSA) is 55.4 Å². The van der Waals surface area contributed by atoms with Crippen molar-refractivity contribution in [1.82, 2.24) is 24.1 Å². The van der Waals surface area contributed by atoms with Crippen molar-refractivity contribution in [1.29, 1.82) is 0 Å². The Labute approximate surface area is 144 Å². The molecule has 126 valence electrons. The lowest BCUT2D eigenvalue weighted by atomic mass is 10.0. The van der Waals surface area contributed by atoms with Crippen LogP contribution in [0.1, 0.15) is 36.0 Å². The molecule has 1 saturated heterocycles. The molecule has 0 aliphatic carbocycles. The molecule has 0 aromatic carbocycles. The average Bonchev–Trinajstić information content (AvgIpc) is 3.22. The zero-order valence-corrected chi connectivity index (χ0v) is 14.8. The van der Waals surface area contributed by atoms with Gasteiger partial charge in [0.2, 0.25) is 5.91 Å². The van der Waals surface area contributed by atoms with E-state index in [0.717, 1.165) is 42.3 Å². The van der Waals surface area contributed by atoms with Crippen molar-refractivity contribution in [2.24, 2.45) is 0 Å². The van der Waals surface area contributed by atoms with Gasteiger partial charge in [0.1, 0.15) is 0 Å². The second-order valence-electron chi connectivity index (χ2n) is 6.51. The van der Waals surface area contributed by atoms with E-state index in [9.17, 15) is 4.79 Å². The Hall–Kier alpha value is -2.15. The molecule has 4 heterocycles. The summed E-state index contributed by atoms with van der Waals surface area (Å²) in [5, 5.41) is 6.60. The van der Waals surface area contributed by atoms with Crippen LogP contribution in [0.25, 0.3) is 4.96 Å². The Bertz CT molecular complexity index is 848. The van der Waals surface area contributed by atoms with Crippen LogP contribution in [-0.2, 0) is 11.2 Å². The highest BCUT2D eigenvalue weighted by Gasteiger charge is 2.26. The van der Waals surface area contributed by atoms with E-state index >= 15 is 0 Å². The first-order valence-electron chi connectivity index (χ1n) is 8.32. The van der Waals surface area contributed by atoms with Gasteiger partial charge in [0.25, 0.3) is 0 Å². The van der Waals surface area contributed by atoms with Crippen molar-refractivity contribution < 1.29 is 4.79 Å². The molecule has 1 aliphatic rings. The van der Waals surface area contributed by atoms with Crippen LogP contribution in [0.4, 0.5) is 0 Å². The molecule has 1 fully saturated rings. The molecule has 0 radical (unpaired) electrons. The minimum atomic E-state index is 0.159. The van der Waals surface area contributed by atoms with Crippen molar-refractivity contribution in [3.05, 3.63) is 40.9 Å². The van der Waals surface area contributed by atoms with Gasteiger partial charge in [0, 0.05) is 36.6 Å². The minimum Gasteiger partial charge on any atom is -0.340 e. The molecule has 0 spiro atoms. The number of aromatic nitrogens is 4. The molecular weight excluding hydrogens is 322 g/mol. The molecule has 1 unspecified atom stereocenters. The average molecular weight is 343 g/mol. The summed E-state index contributed by atoms with van der Waals surface area (Å²) in [5.74, 6) is 0.159. The summed E-state index contributed by atoms with van der Waals surface area (Å²) in [4.78, 5) is 20.1. The van der Waals surface area contributed by atoms with Crippen LogP contribution < -0.4 is 0 Å². The SMILES string of the molecule is Cc1cc(C)n(C2CCCN(C(=O)Cc3cn4ccsc4n3)C2)n1. The first kappa shape index (κ1) is 15.4. The molecule has 0 saturated carbocycles. The van der Waals surface area contributed by atoms with Gasteiger partial charge < -0.3 is 4.90 Å². The fourth-order valence-electron chi connectivity index (χ4n) is 3.52. The molecular formula is C17H21N5OS. The monoisotopic (exact) mass is 343 g/mol. The highest BCUT2D eigenvalue weighted by atomic mass is 32.1. The van der Waals surface area contributed by atoms with Crippen LogP contribution in [0.2, 0.25) is 0 Å². The minimum absolute atomic E-state index is 0.159. The van der Waals surface area contributed by atoms with E-state index in [2.05, 4.69) is 27.8 Å². The Kier molecular flexibility index (Phi) is 3.88. The van der Waals surface area contributed by atoms with Gasteiger partial charge in [-0.15, -0.1) is 11.3 Å². The number of hydrogen-bond donors (Lipinski definition) is 0. The van der Waals surface area contributed by atoms with E-state index < -0.39 is 0 Å². The summed E-state index contributed by atoms with van der Waals surface area (Å²) in [6, 6.07) is 2.38. The number of fused-ring (bicyclic) bond motifs is 1. The van der Waals surface area contributed by atoms with Gasteiger partial charge in [-0.25, -0.2) is 4.98 Å². The van der Waals surface area contributed by atoms with Gasteiger partial charge in [0.05, 0.1) is 23.9 Å². The molecule has 0 N–H and O–H groups in total. The fourth-order valence-corrected chi connectivity index (χ4v) is 4.24. The lowest BCUT2D eigenvalue weighted by Crippen LogP contribution is -2.41. The molecule has 1 amide bonds. The van der Waals surface area contributed by atoms with Gasteiger partial charge in [-0.3, -0.25) is 13.9 Å². The number of carbonyl (C=O) groups is 1. The highest BCUT2D eigenvalue weighted by Crippen LogP contribution is 2.23. The first-order valence-corrected chi connectivity index (χ1v) is 9.20. The maximum Gasteiger partial charge on any atom is 0.228 e. The molecule has 1 atom stereocenters. The first-order chi connectivity index (χ1) is 11.6. The van der Waals surface area contributed by atoms with Gasteiger partial charge in [-0.1, -0.05) is 0 Å². The third-order valence-electron chi connectivity index (χ3n) is 4.62. The number of likely N-dealkylation sites (tertiary alicyclic amines) is 1. The molecule has 3 aromatic heterocycles. The normalized spacial score (nSPS) is 18.4. The molecule has 0 bridgehead atoms. The van der Waals surface area contributed by atoms with Crippen molar-refractivity contribution in [3.8, 4) is 0 Å². The predicted octanol–water partition coefficient (Wildman–Crippen LogP) is 2.62. The maximum absolute atomic E-state index is 12.7. The van der Waals surface area contributed by atoms with Crippen molar-refractivity contribution >= 4 is 22.2 Å². The third kappa shape index (κ3) is 2.84. The quantitative estimate of drug-likeness (QED) is 0.734. The van der Waals surface area contributed by atoms with Crippen LogP contribution in [0, 0.1) is 13.8 Å². The van der Waals surface area contributed by atoms with E-state index in [1.165, 1.54) is 5.69 Å². The Morgan fingerprint density at radius 2 is 2.29 bits per heavy atom. The zero-order chi connectivity index (χ0) is 16.7. The molecule has 24 heavy (non-hydrogen) atoms. The van der Waals surface area contributed by atoms with Gasteiger partial charge in [-0.2, -0.15) is 5.10 Å². The van der Waals surface area contributed by atoms with Crippen LogP contribution in [0.3, 0.4) is 0 Å². The second kappa shape index (κ2) is 6.05. The van der Waals surface area contributed by atoms with Crippen LogP contribution in [-0.4, -0.2) is 43.1 Å². The number of rotatable bonds is 3. The smallest absolute Gasteiger partial charge is 0.228 e. The summed E-state index contributed by atoms with van der Waals surface area (Å²) >= 11 is 1.59. The number of carbonyl (C=O) groups excluding carboxylic acids is 1. The molecule has 6 nitrogen and oxygen atoms in total. The van der Waals surface area contributed by atoms with Crippen molar-refractivity contribution in [2.75, 3.05) is 13.1 Å². The summed E-state index contributed by atoms with van der Waals surface area (Å²) in [6.07, 6.45) is 6.39. The van der Waals surface area contributed by atoms with Gasteiger partial charge in [0.15, 0.2) is 4.96 Å². The largest absolute Gasteiger partial charge is 0.340 e. The van der Waals surface area contributed by atoms with Crippen LogP contribution in [0.5, 0.6) is 0 Å². The third-order valence-corrected chi connectivity index (χ3v) is 5.39. The summed E-state index contributed by atoms with van der Waals surface area (Å²) in [6.45, 7) is 5.66. The standard InChI is InChI=1S/C17H21N5OS/c1-12-8-13(2)22(19-12)15-4-3-5-20(11-15)16(23)9-14-10-21-6-7-24-17(21)18-14/h6-8,10,15H,3-5,9,11H2,1-2H3. The number of piperidine rings is 1. The number of hydrogen-bond acceptors (Lipinski definition) is 4. The Morgan fingerprint density at radius 3 is 3.04 bits per heavy atom. The number of nitrogens with zero attached hydrogens (tertiary/aromatic N) is 5. The lowest BCUT2D eigenvalue weighted by Gasteiger charge is -2.33. The molecule has 7 heteroatoms. The number of aryl methyl sites for hydroxylation is 2. The molecule has 4 rings (SSSR count). The Balaban J connectivity index is 1.46.